The summed E-state index contributed by atoms with van der Waals surface area (Å²) in [6, 6.07) is 4.62. The number of thiazole rings is 1. The molecule has 0 aliphatic rings. The molecule has 11 heteroatoms. The van der Waals surface area contributed by atoms with Crippen LogP contribution in [-0.2, 0) is 24.1 Å². The van der Waals surface area contributed by atoms with Crippen molar-refractivity contribution >= 4 is 17.3 Å². The first-order chi connectivity index (χ1) is 13.3. The summed E-state index contributed by atoms with van der Waals surface area (Å²) >= 11 is 1.06. The van der Waals surface area contributed by atoms with Crippen molar-refractivity contribution in [1.82, 2.24) is 25.2 Å². The zero-order valence-corrected chi connectivity index (χ0v) is 15.8. The molecule has 3 rings (SSSR count). The molecular formula is C17H16F3N5O2S. The third-order valence-electron chi connectivity index (χ3n) is 3.82. The van der Waals surface area contributed by atoms with E-state index in [0.29, 0.717) is 28.6 Å². The molecule has 0 saturated heterocycles. The van der Waals surface area contributed by atoms with Crippen LogP contribution < -0.4 is 0 Å². The number of hydrogen-bond acceptors (Lipinski definition) is 7. The van der Waals surface area contributed by atoms with Crippen molar-refractivity contribution in [2.24, 2.45) is 0 Å². The zero-order chi connectivity index (χ0) is 20.3. The molecule has 0 amide bonds. The standard InChI is InChI=1S/C17H16F3N5O2S/c1-3-8-25-13(22-23-24-25)9-27-16(26)14-10(2)21-15(28-14)11-4-6-12(7-5-11)17(18,19)20/h4-7H,3,8-9H2,1-2H3. The first kappa shape index (κ1) is 19.9. The summed E-state index contributed by atoms with van der Waals surface area (Å²) in [5, 5.41) is 11.6. The van der Waals surface area contributed by atoms with Crippen LogP contribution in [0, 0.1) is 6.92 Å². The number of benzene rings is 1. The molecule has 0 bridgehead atoms. The molecule has 0 saturated carbocycles. The highest BCUT2D eigenvalue weighted by Gasteiger charge is 2.30. The second kappa shape index (κ2) is 8.05. The maximum atomic E-state index is 12.7. The van der Waals surface area contributed by atoms with Gasteiger partial charge in [-0.3, -0.25) is 0 Å². The Kier molecular flexibility index (Phi) is 5.73. The van der Waals surface area contributed by atoms with Gasteiger partial charge in [0.05, 0.1) is 11.3 Å². The van der Waals surface area contributed by atoms with Gasteiger partial charge in [-0.2, -0.15) is 13.2 Å². The monoisotopic (exact) mass is 411 g/mol. The Labute approximate surface area is 162 Å². The van der Waals surface area contributed by atoms with Gasteiger partial charge in [0, 0.05) is 12.1 Å². The Hall–Kier alpha value is -2.82. The van der Waals surface area contributed by atoms with Crippen LogP contribution in [0.4, 0.5) is 13.2 Å². The lowest BCUT2D eigenvalue weighted by Gasteiger charge is -2.06. The number of nitrogens with zero attached hydrogens (tertiary/aromatic N) is 5. The van der Waals surface area contributed by atoms with E-state index in [1.165, 1.54) is 12.1 Å². The topological polar surface area (TPSA) is 82.8 Å². The molecule has 2 aromatic heterocycles. The Bertz CT molecular complexity index is 966. The molecule has 0 atom stereocenters. The number of esters is 1. The number of aryl methyl sites for hydroxylation is 2. The number of alkyl halides is 3. The molecule has 1 aromatic carbocycles. The van der Waals surface area contributed by atoms with E-state index >= 15 is 0 Å². The highest BCUT2D eigenvalue weighted by molar-refractivity contribution is 7.17. The van der Waals surface area contributed by atoms with E-state index in [-0.39, 0.29) is 11.5 Å². The Morgan fingerprint density at radius 2 is 1.96 bits per heavy atom. The molecule has 0 aliphatic heterocycles. The number of tetrazole rings is 1. The summed E-state index contributed by atoms with van der Waals surface area (Å²) in [5.74, 6) is -0.153. The molecule has 0 spiro atoms. The smallest absolute Gasteiger partial charge is 0.416 e. The largest absolute Gasteiger partial charge is 0.453 e. The van der Waals surface area contributed by atoms with E-state index in [1.54, 1.807) is 11.6 Å². The van der Waals surface area contributed by atoms with E-state index in [9.17, 15) is 18.0 Å². The van der Waals surface area contributed by atoms with E-state index in [1.807, 2.05) is 6.92 Å². The normalized spacial score (nSPS) is 11.6. The Morgan fingerprint density at radius 3 is 2.61 bits per heavy atom. The predicted molar refractivity (Wildman–Crippen MR) is 94.5 cm³/mol. The van der Waals surface area contributed by atoms with Crippen molar-refractivity contribution in [1.29, 1.82) is 0 Å². The number of carbonyl (C=O) groups is 1. The molecule has 2 heterocycles. The van der Waals surface area contributed by atoms with Gasteiger partial charge in [-0.05, 0) is 35.9 Å². The zero-order valence-electron chi connectivity index (χ0n) is 15.0. The van der Waals surface area contributed by atoms with E-state index in [2.05, 4.69) is 20.5 Å². The number of ether oxygens (including phenoxy) is 1. The number of carbonyl (C=O) groups excluding carboxylic acids is 1. The highest BCUT2D eigenvalue weighted by atomic mass is 32.1. The van der Waals surface area contributed by atoms with Crippen LogP contribution in [0.1, 0.15) is 40.1 Å². The molecule has 3 aromatic rings. The molecule has 0 N–H and O–H groups in total. The maximum absolute atomic E-state index is 12.7. The summed E-state index contributed by atoms with van der Waals surface area (Å²) < 4.78 is 44.9. The van der Waals surface area contributed by atoms with Gasteiger partial charge in [-0.15, -0.1) is 16.4 Å². The van der Waals surface area contributed by atoms with Gasteiger partial charge in [-0.25, -0.2) is 14.5 Å². The molecule has 148 valence electrons. The molecule has 0 fully saturated rings. The van der Waals surface area contributed by atoms with E-state index in [0.717, 1.165) is 29.9 Å². The predicted octanol–water partition coefficient (Wildman–Crippen LogP) is 3.89. The Balaban J connectivity index is 1.72. The second-order valence-corrected chi connectivity index (χ2v) is 6.90. The highest BCUT2D eigenvalue weighted by Crippen LogP contribution is 2.33. The van der Waals surface area contributed by atoms with Crippen molar-refractivity contribution in [2.45, 2.75) is 39.6 Å². The average molecular weight is 411 g/mol. The van der Waals surface area contributed by atoms with Crippen molar-refractivity contribution in [3.8, 4) is 10.6 Å². The van der Waals surface area contributed by atoms with E-state index in [4.69, 9.17) is 4.74 Å². The van der Waals surface area contributed by atoms with Crippen LogP contribution in [-0.4, -0.2) is 31.2 Å². The van der Waals surface area contributed by atoms with E-state index < -0.39 is 17.7 Å². The van der Waals surface area contributed by atoms with Crippen LogP contribution in [0.2, 0.25) is 0 Å². The minimum atomic E-state index is -4.40. The third-order valence-corrected chi connectivity index (χ3v) is 5.00. The number of hydrogen-bond donors (Lipinski definition) is 0. The van der Waals surface area contributed by atoms with Gasteiger partial charge in [-0.1, -0.05) is 19.1 Å². The van der Waals surface area contributed by atoms with Gasteiger partial charge in [0.15, 0.2) is 12.4 Å². The fourth-order valence-corrected chi connectivity index (χ4v) is 3.38. The van der Waals surface area contributed by atoms with Crippen molar-refractivity contribution in [3.05, 3.63) is 46.2 Å². The molecule has 0 radical (unpaired) electrons. The number of rotatable bonds is 6. The third kappa shape index (κ3) is 4.35. The number of halogens is 3. The lowest BCUT2D eigenvalue weighted by Crippen LogP contribution is -2.10. The van der Waals surface area contributed by atoms with Crippen molar-refractivity contribution in [2.75, 3.05) is 0 Å². The van der Waals surface area contributed by atoms with Crippen LogP contribution in [0.5, 0.6) is 0 Å². The van der Waals surface area contributed by atoms with Crippen LogP contribution >= 0.6 is 11.3 Å². The second-order valence-electron chi connectivity index (χ2n) is 5.90. The molecule has 28 heavy (non-hydrogen) atoms. The van der Waals surface area contributed by atoms with Crippen molar-refractivity contribution in [3.63, 3.8) is 0 Å². The fourth-order valence-electron chi connectivity index (χ4n) is 2.42. The van der Waals surface area contributed by atoms with Crippen LogP contribution in [0.25, 0.3) is 10.6 Å². The molecule has 0 aliphatic carbocycles. The molecule has 7 nitrogen and oxygen atoms in total. The summed E-state index contributed by atoms with van der Waals surface area (Å²) in [5.41, 5.74) is 0.194. The average Bonchev–Trinajstić information content (AvgIpc) is 3.26. The minimum Gasteiger partial charge on any atom is -0.453 e. The molecular weight excluding hydrogens is 395 g/mol. The fraction of sp³-hybridized carbons (Fsp3) is 0.353. The van der Waals surface area contributed by atoms with Gasteiger partial charge in [0.25, 0.3) is 0 Å². The van der Waals surface area contributed by atoms with Gasteiger partial charge in [0.1, 0.15) is 9.88 Å². The van der Waals surface area contributed by atoms with Crippen LogP contribution in [0.15, 0.2) is 24.3 Å². The van der Waals surface area contributed by atoms with Gasteiger partial charge in [0.2, 0.25) is 0 Å². The van der Waals surface area contributed by atoms with Gasteiger partial charge >= 0.3 is 12.1 Å². The maximum Gasteiger partial charge on any atom is 0.416 e. The Morgan fingerprint density at radius 1 is 1.25 bits per heavy atom. The lowest BCUT2D eigenvalue weighted by molar-refractivity contribution is -0.137. The van der Waals surface area contributed by atoms with Crippen LogP contribution in [0.3, 0.4) is 0 Å². The minimum absolute atomic E-state index is 0.0845. The summed E-state index contributed by atoms with van der Waals surface area (Å²) in [6.07, 6.45) is -3.57. The summed E-state index contributed by atoms with van der Waals surface area (Å²) in [7, 11) is 0. The summed E-state index contributed by atoms with van der Waals surface area (Å²) in [6.45, 7) is 4.14. The quantitative estimate of drug-likeness (QED) is 0.573. The first-order valence-corrected chi connectivity index (χ1v) is 9.18. The molecule has 0 unspecified atom stereocenters. The first-order valence-electron chi connectivity index (χ1n) is 8.36. The van der Waals surface area contributed by atoms with Gasteiger partial charge < -0.3 is 4.74 Å². The number of aromatic nitrogens is 5. The SMILES string of the molecule is CCCn1nnnc1COC(=O)c1sc(-c2ccc(C(F)(F)F)cc2)nc1C. The lowest BCUT2D eigenvalue weighted by atomic mass is 10.1. The van der Waals surface area contributed by atoms with Crippen molar-refractivity contribution < 1.29 is 22.7 Å². The summed E-state index contributed by atoms with van der Waals surface area (Å²) in [4.78, 5) is 16.9.